The molecule has 5 nitrogen and oxygen atoms in total. The third kappa shape index (κ3) is 5.89. The van der Waals surface area contributed by atoms with Crippen molar-refractivity contribution in [3.63, 3.8) is 0 Å². The van der Waals surface area contributed by atoms with Gasteiger partial charge >= 0.3 is 0 Å². The van der Waals surface area contributed by atoms with Crippen LogP contribution in [0.25, 0.3) is 0 Å². The first-order valence-electron chi connectivity index (χ1n) is 6.31. The lowest BCUT2D eigenvalue weighted by Gasteiger charge is -2.35. The molecule has 1 unspecified atom stereocenters. The summed E-state index contributed by atoms with van der Waals surface area (Å²) in [4.78, 5) is 2.38. The van der Waals surface area contributed by atoms with Gasteiger partial charge in [-0.05, 0) is 19.8 Å². The molecular formula is C12H27N3O2. The Bertz CT molecular complexity index is 218. The van der Waals surface area contributed by atoms with Crippen molar-refractivity contribution < 1.29 is 9.94 Å². The minimum absolute atomic E-state index is 0.256. The predicted molar refractivity (Wildman–Crippen MR) is 70.4 cm³/mol. The highest BCUT2D eigenvalue weighted by atomic mass is 16.5. The van der Waals surface area contributed by atoms with Gasteiger partial charge in [-0.2, -0.15) is 0 Å². The van der Waals surface area contributed by atoms with Crippen molar-refractivity contribution in [3.8, 4) is 0 Å². The van der Waals surface area contributed by atoms with E-state index in [1.165, 1.54) is 0 Å². The third-order valence-electron chi connectivity index (χ3n) is 3.16. The second-order valence-corrected chi connectivity index (χ2v) is 4.35. The molecule has 1 atom stereocenters. The maximum absolute atomic E-state index is 8.61. The maximum atomic E-state index is 8.61. The third-order valence-corrected chi connectivity index (χ3v) is 3.16. The number of nitrogens with zero attached hydrogens (tertiary/aromatic N) is 2. The molecule has 3 N–H and O–H groups in total. The Morgan fingerprint density at radius 2 is 2.00 bits per heavy atom. The summed E-state index contributed by atoms with van der Waals surface area (Å²) in [6.45, 7) is 8.06. The molecule has 0 aromatic carbocycles. The Labute approximate surface area is 105 Å². The summed E-state index contributed by atoms with van der Waals surface area (Å²) < 4.78 is 5.14. The zero-order valence-electron chi connectivity index (χ0n) is 11.5. The predicted octanol–water partition coefficient (Wildman–Crippen LogP) is 1.65. The summed E-state index contributed by atoms with van der Waals surface area (Å²) in [5.74, 6) is 0.283. The molecule has 5 heteroatoms. The Balaban J connectivity index is 4.53. The average Bonchev–Trinajstić information content (AvgIpc) is 2.34. The van der Waals surface area contributed by atoms with E-state index in [4.69, 9.17) is 15.7 Å². The molecule has 0 saturated heterocycles. The lowest BCUT2D eigenvalue weighted by molar-refractivity contribution is 0.0875. The molecule has 102 valence electrons. The number of ether oxygens (including phenoxy) is 1. The number of amidine groups is 1. The summed E-state index contributed by atoms with van der Waals surface area (Å²) in [7, 11) is 1.71. The Hall–Kier alpha value is -0.810. The molecule has 0 aliphatic rings. The van der Waals surface area contributed by atoms with Gasteiger partial charge < -0.3 is 15.7 Å². The number of hydrogen-bond donors (Lipinski definition) is 2. The quantitative estimate of drug-likeness (QED) is 0.280. The smallest absolute Gasteiger partial charge is 0.140 e. The minimum atomic E-state index is 0.256. The number of nitrogens with two attached hydrogens (primary N) is 1. The normalized spacial score (nSPS) is 14.6. The van der Waals surface area contributed by atoms with E-state index in [1.807, 2.05) is 0 Å². The lowest BCUT2D eigenvalue weighted by atomic mass is 10.1. The number of oxime groups is 1. The van der Waals surface area contributed by atoms with Gasteiger partial charge in [0.15, 0.2) is 0 Å². The van der Waals surface area contributed by atoms with Gasteiger partial charge in [-0.3, -0.25) is 4.90 Å². The van der Waals surface area contributed by atoms with E-state index >= 15 is 0 Å². The minimum Gasteiger partial charge on any atom is -0.409 e. The zero-order chi connectivity index (χ0) is 13.3. The Morgan fingerprint density at radius 3 is 2.41 bits per heavy atom. The van der Waals surface area contributed by atoms with E-state index in [0.29, 0.717) is 19.1 Å². The molecule has 0 saturated carbocycles. The molecule has 0 spiro atoms. The fourth-order valence-electron chi connectivity index (χ4n) is 2.18. The molecular weight excluding hydrogens is 218 g/mol. The summed E-state index contributed by atoms with van der Waals surface area (Å²) in [5, 5.41) is 11.7. The van der Waals surface area contributed by atoms with E-state index in [-0.39, 0.29) is 11.9 Å². The SMILES string of the molecule is CCC(CC)N(CCOC)C(C)C/C(N)=N/O. The van der Waals surface area contributed by atoms with Crippen LogP contribution in [0.2, 0.25) is 0 Å². The van der Waals surface area contributed by atoms with E-state index in [0.717, 1.165) is 19.4 Å². The van der Waals surface area contributed by atoms with E-state index in [9.17, 15) is 0 Å². The Morgan fingerprint density at radius 1 is 1.41 bits per heavy atom. The van der Waals surface area contributed by atoms with E-state index in [2.05, 4.69) is 30.8 Å². The fourth-order valence-corrected chi connectivity index (χ4v) is 2.18. The second kappa shape index (κ2) is 9.24. The van der Waals surface area contributed by atoms with Crippen molar-refractivity contribution in [1.82, 2.24) is 4.90 Å². The van der Waals surface area contributed by atoms with Gasteiger partial charge in [0, 0.05) is 32.2 Å². The topological polar surface area (TPSA) is 71.1 Å². The molecule has 0 radical (unpaired) electrons. The van der Waals surface area contributed by atoms with Crippen molar-refractivity contribution in [2.45, 2.75) is 52.1 Å². The monoisotopic (exact) mass is 245 g/mol. The first-order chi connectivity index (χ1) is 8.10. The molecule has 0 aliphatic heterocycles. The van der Waals surface area contributed by atoms with Gasteiger partial charge in [-0.15, -0.1) is 0 Å². The van der Waals surface area contributed by atoms with Crippen LogP contribution in [0.3, 0.4) is 0 Å². The summed E-state index contributed by atoms with van der Waals surface area (Å²) in [6.07, 6.45) is 2.78. The van der Waals surface area contributed by atoms with Crippen LogP contribution < -0.4 is 5.73 Å². The molecule has 0 aliphatic carbocycles. The molecule has 0 amide bonds. The van der Waals surface area contributed by atoms with Crippen molar-refractivity contribution in [2.24, 2.45) is 10.9 Å². The summed E-state index contributed by atoms with van der Waals surface area (Å²) in [5.41, 5.74) is 5.57. The van der Waals surface area contributed by atoms with Crippen LogP contribution >= 0.6 is 0 Å². The zero-order valence-corrected chi connectivity index (χ0v) is 11.5. The van der Waals surface area contributed by atoms with Gasteiger partial charge in [0.1, 0.15) is 5.84 Å². The number of rotatable bonds is 9. The van der Waals surface area contributed by atoms with E-state index < -0.39 is 0 Å². The van der Waals surface area contributed by atoms with Gasteiger partial charge in [-0.1, -0.05) is 19.0 Å². The van der Waals surface area contributed by atoms with Gasteiger partial charge in [0.25, 0.3) is 0 Å². The molecule has 0 fully saturated rings. The highest BCUT2D eigenvalue weighted by molar-refractivity contribution is 5.80. The lowest BCUT2D eigenvalue weighted by Crippen LogP contribution is -2.44. The largest absolute Gasteiger partial charge is 0.409 e. The van der Waals surface area contributed by atoms with Crippen molar-refractivity contribution >= 4 is 5.84 Å². The van der Waals surface area contributed by atoms with Crippen LogP contribution in [0.15, 0.2) is 5.16 Å². The molecule has 0 aromatic heterocycles. The fraction of sp³-hybridized carbons (Fsp3) is 0.917. The molecule has 0 rings (SSSR count). The summed E-state index contributed by atoms with van der Waals surface area (Å²) in [6, 6.07) is 0.776. The molecule has 0 bridgehead atoms. The first-order valence-corrected chi connectivity index (χ1v) is 6.31. The second-order valence-electron chi connectivity index (χ2n) is 4.35. The van der Waals surface area contributed by atoms with Crippen LogP contribution in [-0.2, 0) is 4.74 Å². The van der Waals surface area contributed by atoms with E-state index in [1.54, 1.807) is 7.11 Å². The summed E-state index contributed by atoms with van der Waals surface area (Å²) >= 11 is 0. The van der Waals surface area contributed by atoms with Gasteiger partial charge in [0.05, 0.1) is 6.61 Å². The highest BCUT2D eigenvalue weighted by Crippen LogP contribution is 2.14. The van der Waals surface area contributed by atoms with Crippen molar-refractivity contribution in [3.05, 3.63) is 0 Å². The van der Waals surface area contributed by atoms with Crippen LogP contribution in [0.5, 0.6) is 0 Å². The van der Waals surface area contributed by atoms with Crippen LogP contribution in [0.4, 0.5) is 0 Å². The highest BCUT2D eigenvalue weighted by Gasteiger charge is 2.21. The maximum Gasteiger partial charge on any atom is 0.140 e. The number of methoxy groups -OCH3 is 1. The molecule has 0 aromatic rings. The average molecular weight is 245 g/mol. The van der Waals surface area contributed by atoms with Crippen LogP contribution in [0.1, 0.15) is 40.0 Å². The van der Waals surface area contributed by atoms with Crippen LogP contribution in [0, 0.1) is 0 Å². The van der Waals surface area contributed by atoms with Gasteiger partial charge in [0.2, 0.25) is 0 Å². The van der Waals surface area contributed by atoms with Gasteiger partial charge in [-0.25, -0.2) is 0 Å². The van der Waals surface area contributed by atoms with Crippen molar-refractivity contribution in [1.29, 1.82) is 0 Å². The molecule has 17 heavy (non-hydrogen) atoms. The van der Waals surface area contributed by atoms with Crippen molar-refractivity contribution in [2.75, 3.05) is 20.3 Å². The molecule has 0 heterocycles. The first kappa shape index (κ1) is 16.2. The van der Waals surface area contributed by atoms with Crippen LogP contribution in [-0.4, -0.2) is 48.3 Å². The number of hydrogen-bond acceptors (Lipinski definition) is 4. The standard InChI is InChI=1S/C12H27N3O2/c1-5-11(6-2)15(7-8-17-4)10(3)9-12(13)14-16/h10-11,16H,5-9H2,1-4H3,(H2,13,14). The Kier molecular flexibility index (Phi) is 8.80.